The second kappa shape index (κ2) is 9.32. The number of fused-ring (bicyclic) bond motifs is 9. The first-order valence-corrected chi connectivity index (χ1v) is 15.5. The molecule has 2 aromatic heterocycles. The first kappa shape index (κ1) is 24.6. The lowest BCUT2D eigenvalue weighted by atomic mass is 9.94. The van der Waals surface area contributed by atoms with E-state index in [0.29, 0.717) is 0 Å². The molecule has 0 unspecified atom stereocenters. The normalized spacial score (nSPS) is 12.4. The number of hydrogen-bond acceptors (Lipinski definition) is 2. The Bertz CT molecular complexity index is 2470. The van der Waals surface area contributed by atoms with E-state index in [0.717, 1.165) is 61.4 Å². The van der Waals surface area contributed by atoms with Crippen LogP contribution in [0.4, 0.5) is 0 Å². The minimum absolute atomic E-state index is 0.858. The van der Waals surface area contributed by atoms with Crippen LogP contribution in [0.1, 0.15) is 11.1 Å². The molecular weight excluding hydrogens is 548 g/mol. The Labute approximate surface area is 259 Å². The van der Waals surface area contributed by atoms with Gasteiger partial charge in [0.15, 0.2) is 0 Å². The van der Waals surface area contributed by atoms with E-state index in [9.17, 15) is 0 Å². The Morgan fingerprint density at radius 3 is 1.51 bits per heavy atom. The van der Waals surface area contributed by atoms with Gasteiger partial charge in [-0.15, -0.1) is 0 Å². The highest BCUT2D eigenvalue weighted by molar-refractivity contribution is 6.22. The van der Waals surface area contributed by atoms with Crippen molar-refractivity contribution in [3.63, 3.8) is 0 Å². The van der Waals surface area contributed by atoms with Crippen molar-refractivity contribution in [1.29, 1.82) is 0 Å². The van der Waals surface area contributed by atoms with Gasteiger partial charge in [-0.05, 0) is 92.9 Å². The van der Waals surface area contributed by atoms with Crippen LogP contribution >= 0.6 is 0 Å². The van der Waals surface area contributed by atoms with Crippen LogP contribution in [0.3, 0.4) is 0 Å². The molecule has 0 spiro atoms. The molecule has 0 aliphatic heterocycles. The summed E-state index contributed by atoms with van der Waals surface area (Å²) in [6.07, 6.45) is 0.963. The summed E-state index contributed by atoms with van der Waals surface area (Å²) in [6, 6.07) is 52.0. The van der Waals surface area contributed by atoms with E-state index < -0.39 is 0 Å². The van der Waals surface area contributed by atoms with E-state index in [4.69, 9.17) is 8.83 Å². The van der Waals surface area contributed by atoms with Crippen molar-refractivity contribution in [3.8, 4) is 44.5 Å². The van der Waals surface area contributed by atoms with Gasteiger partial charge in [-0.1, -0.05) is 109 Å². The van der Waals surface area contributed by atoms with Crippen molar-refractivity contribution < 1.29 is 8.83 Å². The number of benzene rings is 7. The summed E-state index contributed by atoms with van der Waals surface area (Å²) in [5, 5.41) is 4.40. The summed E-state index contributed by atoms with van der Waals surface area (Å²) in [4.78, 5) is 0. The molecule has 45 heavy (non-hydrogen) atoms. The summed E-state index contributed by atoms with van der Waals surface area (Å²) in [6.45, 7) is 0. The van der Waals surface area contributed by atoms with Crippen LogP contribution in [0.25, 0.3) is 88.4 Å². The fourth-order valence-electron chi connectivity index (χ4n) is 7.30. The molecule has 9 aromatic rings. The van der Waals surface area contributed by atoms with Gasteiger partial charge in [-0.3, -0.25) is 0 Å². The minimum atomic E-state index is 0.858. The molecule has 2 heteroatoms. The highest BCUT2D eigenvalue weighted by atomic mass is 16.3. The van der Waals surface area contributed by atoms with Gasteiger partial charge in [0.25, 0.3) is 0 Å². The number of hydrogen-bond donors (Lipinski definition) is 0. The van der Waals surface area contributed by atoms with E-state index in [1.807, 2.05) is 0 Å². The van der Waals surface area contributed by atoms with Crippen LogP contribution in [0, 0.1) is 0 Å². The molecule has 0 fully saturated rings. The van der Waals surface area contributed by atoms with Crippen molar-refractivity contribution in [2.45, 2.75) is 6.42 Å². The second-order valence-corrected chi connectivity index (χ2v) is 12.1. The van der Waals surface area contributed by atoms with E-state index >= 15 is 0 Å². The molecule has 10 rings (SSSR count). The van der Waals surface area contributed by atoms with Crippen LogP contribution < -0.4 is 0 Å². The predicted octanol–water partition coefficient (Wildman–Crippen LogP) is 12.1. The molecule has 0 amide bonds. The van der Waals surface area contributed by atoms with Crippen LogP contribution in [0.5, 0.6) is 0 Å². The Hall–Kier alpha value is -5.86. The van der Waals surface area contributed by atoms with E-state index in [1.165, 1.54) is 44.5 Å². The maximum absolute atomic E-state index is 6.75. The van der Waals surface area contributed by atoms with Gasteiger partial charge in [-0.2, -0.15) is 0 Å². The minimum Gasteiger partial charge on any atom is -0.455 e. The third kappa shape index (κ3) is 3.69. The maximum Gasteiger partial charge on any atom is 0.147 e. The van der Waals surface area contributed by atoms with Crippen molar-refractivity contribution in [1.82, 2.24) is 0 Å². The second-order valence-electron chi connectivity index (χ2n) is 12.1. The van der Waals surface area contributed by atoms with Gasteiger partial charge < -0.3 is 8.83 Å². The Kier molecular flexibility index (Phi) is 5.09. The zero-order valence-corrected chi connectivity index (χ0v) is 24.4. The molecule has 2 nitrogen and oxygen atoms in total. The topological polar surface area (TPSA) is 26.3 Å². The highest BCUT2D eigenvalue weighted by Gasteiger charge is 2.24. The monoisotopic (exact) mass is 574 g/mol. The molecule has 2 heterocycles. The zero-order chi connectivity index (χ0) is 29.5. The van der Waals surface area contributed by atoms with Crippen LogP contribution in [0.2, 0.25) is 0 Å². The molecular formula is C43H26O2. The molecule has 210 valence electrons. The largest absolute Gasteiger partial charge is 0.455 e. The Morgan fingerprint density at radius 1 is 0.356 bits per heavy atom. The summed E-state index contributed by atoms with van der Waals surface area (Å²) >= 11 is 0. The van der Waals surface area contributed by atoms with E-state index in [1.54, 1.807) is 0 Å². The maximum atomic E-state index is 6.75. The van der Waals surface area contributed by atoms with Crippen LogP contribution in [-0.2, 0) is 6.42 Å². The first-order chi connectivity index (χ1) is 22.3. The summed E-state index contributed by atoms with van der Waals surface area (Å²) < 4.78 is 13.5. The summed E-state index contributed by atoms with van der Waals surface area (Å²) in [7, 11) is 0. The fourth-order valence-corrected chi connectivity index (χ4v) is 7.30. The SMILES string of the molecule is c1ccc(-c2ccc3oc4c(-c5ccc6c(c5)-c5ccccc5C6)c5oc6ccc(-c7ccccc7)cc6c5cc4c3c2)cc1. The van der Waals surface area contributed by atoms with Crippen LogP contribution in [0.15, 0.2) is 154 Å². The Balaban J connectivity index is 1.30. The van der Waals surface area contributed by atoms with Gasteiger partial charge >= 0.3 is 0 Å². The lowest BCUT2D eigenvalue weighted by Gasteiger charge is -2.08. The van der Waals surface area contributed by atoms with Gasteiger partial charge in [0.2, 0.25) is 0 Å². The number of furan rings is 2. The molecule has 0 radical (unpaired) electrons. The van der Waals surface area contributed by atoms with Crippen molar-refractivity contribution in [2.75, 3.05) is 0 Å². The number of rotatable bonds is 3. The zero-order valence-electron chi connectivity index (χ0n) is 24.4. The van der Waals surface area contributed by atoms with E-state index in [-0.39, 0.29) is 0 Å². The lowest BCUT2D eigenvalue weighted by Crippen LogP contribution is -1.85. The fraction of sp³-hybridized carbons (Fsp3) is 0.0233. The molecule has 1 aliphatic carbocycles. The standard InChI is InChI=1S/C43H26O2/c1-3-9-26(10-4-1)28-17-19-39-35(22-28)37-25-38-36-23-29(27-11-5-2-6-12-27)18-20-40(36)45-43(38)41(42(37)44-39)32-16-15-31-21-30-13-7-8-14-33(30)34(31)24-32/h1-20,22-25H,21H2. The smallest absolute Gasteiger partial charge is 0.147 e. The summed E-state index contributed by atoms with van der Waals surface area (Å²) in [5.41, 5.74) is 15.6. The average Bonchev–Trinajstić information content (AvgIpc) is 3.78. The van der Waals surface area contributed by atoms with Crippen LogP contribution in [-0.4, -0.2) is 0 Å². The molecule has 0 bridgehead atoms. The van der Waals surface area contributed by atoms with Crippen molar-refractivity contribution >= 4 is 43.9 Å². The van der Waals surface area contributed by atoms with Gasteiger partial charge in [0, 0.05) is 21.5 Å². The molecule has 0 atom stereocenters. The third-order valence-corrected chi connectivity index (χ3v) is 9.50. The average molecular weight is 575 g/mol. The Morgan fingerprint density at radius 2 is 0.889 bits per heavy atom. The van der Waals surface area contributed by atoms with Gasteiger partial charge in [-0.25, -0.2) is 0 Å². The molecule has 7 aromatic carbocycles. The van der Waals surface area contributed by atoms with Gasteiger partial charge in [0.05, 0.1) is 5.56 Å². The highest BCUT2D eigenvalue weighted by Crippen LogP contribution is 2.47. The molecule has 0 N–H and O–H groups in total. The quantitative estimate of drug-likeness (QED) is 0.210. The lowest BCUT2D eigenvalue weighted by molar-refractivity contribution is 0.658. The first-order valence-electron chi connectivity index (χ1n) is 15.5. The summed E-state index contributed by atoms with van der Waals surface area (Å²) in [5.74, 6) is 0. The van der Waals surface area contributed by atoms with Crippen molar-refractivity contribution in [2.24, 2.45) is 0 Å². The predicted molar refractivity (Wildman–Crippen MR) is 186 cm³/mol. The van der Waals surface area contributed by atoms with Crippen molar-refractivity contribution in [3.05, 3.63) is 157 Å². The van der Waals surface area contributed by atoms with E-state index in [2.05, 4.69) is 146 Å². The van der Waals surface area contributed by atoms with Gasteiger partial charge in [0.1, 0.15) is 22.3 Å². The molecule has 1 aliphatic rings. The molecule has 0 saturated carbocycles. The molecule has 0 saturated heterocycles. The third-order valence-electron chi connectivity index (χ3n) is 9.50.